The summed E-state index contributed by atoms with van der Waals surface area (Å²) in [5.41, 5.74) is 3.43. The van der Waals surface area contributed by atoms with Crippen molar-refractivity contribution in [2.45, 2.75) is 41.5 Å². The Bertz CT molecular complexity index is 804. The minimum absolute atomic E-state index is 0.131. The summed E-state index contributed by atoms with van der Waals surface area (Å²) in [6.07, 6.45) is 6.79. The average molecular weight is 326 g/mol. The third kappa shape index (κ3) is 4.19. The Morgan fingerprint density at radius 3 is 2.33 bits per heavy atom. The van der Waals surface area contributed by atoms with Gasteiger partial charge in [-0.2, -0.15) is 0 Å². The van der Waals surface area contributed by atoms with Gasteiger partial charge in [-0.25, -0.2) is 9.67 Å². The van der Waals surface area contributed by atoms with Crippen LogP contribution in [-0.4, -0.2) is 19.7 Å². The van der Waals surface area contributed by atoms with Crippen LogP contribution >= 0.6 is 0 Å². The largest absolute Gasteiger partial charge is 0.296 e. The number of aryl methyl sites for hydroxylation is 2. The summed E-state index contributed by atoms with van der Waals surface area (Å²) in [6, 6.07) is 5.55. The van der Waals surface area contributed by atoms with E-state index in [1.54, 1.807) is 30.9 Å². The van der Waals surface area contributed by atoms with Crippen molar-refractivity contribution in [3.05, 3.63) is 64.5 Å². The molecule has 0 saturated heterocycles. The Labute approximate surface area is 143 Å². The van der Waals surface area contributed by atoms with Crippen molar-refractivity contribution < 1.29 is 0 Å². The number of nitrogens with zero attached hydrogens (tertiary/aromatic N) is 3. The Morgan fingerprint density at radius 1 is 1.04 bits per heavy atom. The molecule has 0 radical (unpaired) electrons. The lowest BCUT2D eigenvalue weighted by molar-refractivity contribution is 0.816. The number of nitrogens with one attached hydrogen (secondary N) is 1. The maximum atomic E-state index is 12.4. The molecule has 0 spiro atoms. The summed E-state index contributed by atoms with van der Waals surface area (Å²) < 4.78 is 1.44. The molecular weight excluding hydrogens is 300 g/mol. The Kier molecular flexibility index (Phi) is 7.62. The van der Waals surface area contributed by atoms with Gasteiger partial charge < -0.3 is 0 Å². The van der Waals surface area contributed by atoms with Crippen LogP contribution in [0.3, 0.4) is 0 Å². The lowest BCUT2D eigenvalue weighted by Crippen LogP contribution is -2.17. The molecule has 5 nitrogen and oxygen atoms in total. The van der Waals surface area contributed by atoms with Gasteiger partial charge in [0.25, 0.3) is 5.56 Å². The summed E-state index contributed by atoms with van der Waals surface area (Å²) in [5.74, 6) is 0.591. The molecule has 0 unspecified atom stereocenters. The smallest absolute Gasteiger partial charge is 0.280 e. The van der Waals surface area contributed by atoms with E-state index < -0.39 is 0 Å². The first kappa shape index (κ1) is 19.4. The van der Waals surface area contributed by atoms with Crippen LogP contribution in [0, 0.1) is 13.8 Å². The van der Waals surface area contributed by atoms with Gasteiger partial charge in [0.05, 0.1) is 5.56 Å². The normalized spacial score (nSPS) is 9.42. The summed E-state index contributed by atoms with van der Waals surface area (Å²) in [5, 5.41) is 2.95. The zero-order valence-corrected chi connectivity index (χ0v) is 15.3. The molecule has 3 aromatic heterocycles. The van der Waals surface area contributed by atoms with Gasteiger partial charge in [-0.15, -0.1) is 0 Å². The van der Waals surface area contributed by atoms with Gasteiger partial charge in [0, 0.05) is 30.4 Å². The van der Waals surface area contributed by atoms with Crippen molar-refractivity contribution in [3.8, 4) is 16.9 Å². The lowest BCUT2D eigenvalue weighted by atomic mass is 10.1. The third-order valence-electron chi connectivity index (χ3n) is 3.33. The van der Waals surface area contributed by atoms with E-state index in [1.165, 1.54) is 4.68 Å². The van der Waals surface area contributed by atoms with Crippen LogP contribution in [0.25, 0.3) is 16.9 Å². The molecule has 0 saturated carbocycles. The molecule has 0 aliphatic carbocycles. The van der Waals surface area contributed by atoms with Crippen LogP contribution in [-0.2, 0) is 0 Å². The first-order chi connectivity index (χ1) is 11.7. The number of rotatable bonds is 2. The summed E-state index contributed by atoms with van der Waals surface area (Å²) >= 11 is 0. The molecular formula is C19H26N4O. The number of aromatic nitrogens is 4. The average Bonchev–Trinajstić information content (AvgIpc) is 3.03. The number of H-pyrrole nitrogens is 1. The minimum Gasteiger partial charge on any atom is -0.296 e. The highest BCUT2D eigenvalue weighted by Gasteiger charge is 2.11. The van der Waals surface area contributed by atoms with Crippen molar-refractivity contribution >= 4 is 0 Å². The van der Waals surface area contributed by atoms with E-state index in [1.807, 2.05) is 53.7 Å². The molecule has 1 N–H and O–H groups in total. The van der Waals surface area contributed by atoms with Crippen LogP contribution < -0.4 is 5.56 Å². The highest BCUT2D eigenvalue weighted by atomic mass is 16.1. The molecule has 0 aromatic carbocycles. The van der Waals surface area contributed by atoms with Crippen LogP contribution in [0.15, 0.2) is 47.8 Å². The van der Waals surface area contributed by atoms with Crippen molar-refractivity contribution in [2.75, 3.05) is 0 Å². The molecule has 0 atom stereocenters. The molecule has 24 heavy (non-hydrogen) atoms. The molecule has 0 aliphatic rings. The number of aromatic amines is 1. The predicted octanol–water partition coefficient (Wildman–Crippen LogP) is 4.29. The van der Waals surface area contributed by atoms with Crippen LogP contribution in [0.1, 0.15) is 38.8 Å². The van der Waals surface area contributed by atoms with E-state index in [2.05, 4.69) is 15.1 Å². The second-order valence-corrected chi connectivity index (χ2v) is 4.70. The lowest BCUT2D eigenvalue weighted by Gasteiger charge is -2.03. The van der Waals surface area contributed by atoms with Gasteiger partial charge in [-0.1, -0.05) is 33.8 Å². The molecule has 0 fully saturated rings. The molecule has 3 aromatic rings. The maximum Gasteiger partial charge on any atom is 0.280 e. The first-order valence-corrected chi connectivity index (χ1v) is 8.31. The fourth-order valence-electron chi connectivity index (χ4n) is 2.00. The Hall–Kier alpha value is -2.69. The van der Waals surface area contributed by atoms with Crippen LogP contribution in [0.5, 0.6) is 0 Å². The number of hydrogen-bond acceptors (Lipinski definition) is 3. The Balaban J connectivity index is 0.000000671. The van der Waals surface area contributed by atoms with Gasteiger partial charge >= 0.3 is 0 Å². The molecule has 5 heteroatoms. The quantitative estimate of drug-likeness (QED) is 0.764. The summed E-state index contributed by atoms with van der Waals surface area (Å²) in [4.78, 5) is 20.8. The van der Waals surface area contributed by atoms with Gasteiger partial charge in [-0.05, 0) is 37.1 Å². The van der Waals surface area contributed by atoms with E-state index in [9.17, 15) is 4.79 Å². The molecule has 128 valence electrons. The minimum atomic E-state index is -0.131. The van der Waals surface area contributed by atoms with Crippen LogP contribution in [0.2, 0.25) is 0 Å². The van der Waals surface area contributed by atoms with Gasteiger partial charge in [-0.3, -0.25) is 14.9 Å². The van der Waals surface area contributed by atoms with Crippen molar-refractivity contribution in [2.24, 2.45) is 0 Å². The summed E-state index contributed by atoms with van der Waals surface area (Å²) in [6.45, 7) is 12.0. The van der Waals surface area contributed by atoms with Gasteiger partial charge in [0.2, 0.25) is 0 Å². The fraction of sp³-hybridized carbons (Fsp3) is 0.316. The Morgan fingerprint density at radius 2 is 1.75 bits per heavy atom. The fourth-order valence-corrected chi connectivity index (χ4v) is 2.00. The second kappa shape index (κ2) is 9.45. The standard InChI is InChI=1S/C15H14N4O.2C2H6/c1-10-6-14(17-7-11(10)2)19-15(20)13(9-18-19)12-4-3-5-16-8-12;2*1-2/h3-9,18H,1-2H3;2*1-2H3. The number of hydrogen-bond donors (Lipinski definition) is 1. The van der Waals surface area contributed by atoms with E-state index >= 15 is 0 Å². The number of pyridine rings is 2. The second-order valence-electron chi connectivity index (χ2n) is 4.70. The highest BCUT2D eigenvalue weighted by molar-refractivity contribution is 5.60. The monoisotopic (exact) mass is 326 g/mol. The predicted molar refractivity (Wildman–Crippen MR) is 99.6 cm³/mol. The zero-order chi connectivity index (χ0) is 18.1. The van der Waals surface area contributed by atoms with Crippen molar-refractivity contribution in [1.82, 2.24) is 19.7 Å². The molecule has 3 rings (SSSR count). The molecule has 0 aliphatic heterocycles. The molecule has 0 amide bonds. The van der Waals surface area contributed by atoms with E-state index in [4.69, 9.17) is 0 Å². The van der Waals surface area contributed by atoms with Gasteiger partial charge in [0.1, 0.15) is 0 Å². The van der Waals surface area contributed by atoms with Crippen LogP contribution in [0.4, 0.5) is 0 Å². The topological polar surface area (TPSA) is 63.6 Å². The van der Waals surface area contributed by atoms with E-state index in [-0.39, 0.29) is 5.56 Å². The summed E-state index contributed by atoms with van der Waals surface area (Å²) in [7, 11) is 0. The highest BCUT2D eigenvalue weighted by Crippen LogP contribution is 2.14. The zero-order valence-electron chi connectivity index (χ0n) is 15.3. The van der Waals surface area contributed by atoms with Gasteiger partial charge in [0.15, 0.2) is 5.82 Å². The molecule has 0 bridgehead atoms. The molecule has 3 heterocycles. The SMILES string of the molecule is CC.CC.Cc1cnc(-n2[nH]cc(-c3cccnc3)c2=O)cc1C. The van der Waals surface area contributed by atoms with Crippen molar-refractivity contribution in [1.29, 1.82) is 0 Å². The third-order valence-corrected chi connectivity index (χ3v) is 3.33. The van der Waals surface area contributed by atoms with E-state index in [0.717, 1.165) is 16.7 Å². The van der Waals surface area contributed by atoms with Crippen molar-refractivity contribution in [3.63, 3.8) is 0 Å². The first-order valence-electron chi connectivity index (χ1n) is 8.31. The van der Waals surface area contributed by atoms with E-state index in [0.29, 0.717) is 11.4 Å². The maximum absolute atomic E-state index is 12.4.